The van der Waals surface area contributed by atoms with Gasteiger partial charge in [-0.1, -0.05) is 24.3 Å². The van der Waals surface area contributed by atoms with Gasteiger partial charge in [-0.3, -0.25) is 4.68 Å². The van der Waals surface area contributed by atoms with E-state index in [1.165, 1.54) is 0 Å². The van der Waals surface area contributed by atoms with Gasteiger partial charge < -0.3 is 5.32 Å². The maximum absolute atomic E-state index is 12.3. The average Bonchev–Trinajstić information content (AvgIpc) is 3.00. The normalized spacial score (nSPS) is 18.1. The minimum Gasteiger partial charge on any atom is -0.308 e. The zero-order chi connectivity index (χ0) is 18.1. The Hall–Kier alpha value is -1.91. The van der Waals surface area contributed by atoms with Crippen LogP contribution in [0, 0.1) is 0 Å². The molecule has 1 aliphatic heterocycles. The van der Waals surface area contributed by atoms with E-state index < -0.39 is 22.7 Å². The van der Waals surface area contributed by atoms with Crippen molar-refractivity contribution >= 4 is 10.0 Å². The first-order valence-corrected chi connectivity index (χ1v) is 9.13. The predicted molar refractivity (Wildman–Crippen MR) is 84.4 cm³/mol. The molecule has 0 spiro atoms. The van der Waals surface area contributed by atoms with Gasteiger partial charge in [-0.05, 0) is 24.1 Å². The fourth-order valence-electron chi connectivity index (χ4n) is 2.80. The second-order valence-electron chi connectivity index (χ2n) is 5.80. The molecule has 2 heterocycles. The van der Waals surface area contributed by atoms with Crippen LogP contribution in [0.3, 0.4) is 0 Å². The Labute approximate surface area is 143 Å². The highest BCUT2D eigenvalue weighted by molar-refractivity contribution is 7.89. The maximum atomic E-state index is 12.3. The summed E-state index contributed by atoms with van der Waals surface area (Å²) in [5, 5.41) is 6.70. The largest absolute Gasteiger partial charge is 0.408 e. The third-order valence-corrected chi connectivity index (χ3v) is 5.33. The molecular weight excluding hydrogens is 357 g/mol. The van der Waals surface area contributed by atoms with Crippen molar-refractivity contribution in [3.8, 4) is 0 Å². The van der Waals surface area contributed by atoms with Crippen LogP contribution < -0.4 is 10.0 Å². The van der Waals surface area contributed by atoms with Crippen molar-refractivity contribution in [2.75, 3.05) is 13.1 Å². The van der Waals surface area contributed by atoms with Crippen LogP contribution in [-0.4, -0.2) is 37.5 Å². The first kappa shape index (κ1) is 17.9. The Balaban J connectivity index is 1.69. The van der Waals surface area contributed by atoms with Gasteiger partial charge in [-0.2, -0.15) is 18.3 Å². The van der Waals surface area contributed by atoms with Gasteiger partial charge in [0.15, 0.2) is 0 Å². The fraction of sp³-hybridized carbons (Fsp3) is 0.400. The molecule has 25 heavy (non-hydrogen) atoms. The third-order valence-electron chi connectivity index (χ3n) is 3.95. The van der Waals surface area contributed by atoms with Crippen molar-refractivity contribution < 1.29 is 21.6 Å². The number of halogens is 3. The molecule has 0 saturated heterocycles. The van der Waals surface area contributed by atoms with Crippen LogP contribution in [0.4, 0.5) is 13.2 Å². The molecule has 0 saturated carbocycles. The second-order valence-corrected chi connectivity index (χ2v) is 7.56. The van der Waals surface area contributed by atoms with Gasteiger partial charge in [0.05, 0.1) is 6.20 Å². The average molecular weight is 374 g/mol. The van der Waals surface area contributed by atoms with Gasteiger partial charge in [0, 0.05) is 18.8 Å². The Kier molecular flexibility index (Phi) is 4.85. The lowest BCUT2D eigenvalue weighted by Gasteiger charge is -2.27. The summed E-state index contributed by atoms with van der Waals surface area (Å²) >= 11 is 0. The van der Waals surface area contributed by atoms with Crippen LogP contribution in [0.1, 0.15) is 17.2 Å². The number of hydrogen-bond donors (Lipinski definition) is 2. The van der Waals surface area contributed by atoms with Crippen LogP contribution in [0.25, 0.3) is 0 Å². The molecule has 0 amide bonds. The van der Waals surface area contributed by atoms with Crippen molar-refractivity contribution in [3.05, 3.63) is 47.8 Å². The van der Waals surface area contributed by atoms with Gasteiger partial charge in [-0.15, -0.1) is 0 Å². The van der Waals surface area contributed by atoms with Crippen molar-refractivity contribution in [2.24, 2.45) is 0 Å². The molecule has 6 nitrogen and oxygen atoms in total. The van der Waals surface area contributed by atoms with Crippen LogP contribution in [0.2, 0.25) is 0 Å². The minimum atomic E-state index is -4.46. The zero-order valence-electron chi connectivity index (χ0n) is 13.1. The summed E-state index contributed by atoms with van der Waals surface area (Å²) in [5.74, 6) is 0. The van der Waals surface area contributed by atoms with Crippen LogP contribution in [0.15, 0.2) is 41.6 Å². The van der Waals surface area contributed by atoms with Gasteiger partial charge in [0.2, 0.25) is 10.0 Å². The van der Waals surface area contributed by atoms with E-state index in [9.17, 15) is 21.6 Å². The molecule has 1 aliphatic rings. The number of nitrogens with zero attached hydrogens (tertiary/aromatic N) is 2. The molecule has 2 aromatic rings. The second kappa shape index (κ2) is 6.77. The van der Waals surface area contributed by atoms with E-state index in [0.717, 1.165) is 36.5 Å². The first-order chi connectivity index (χ1) is 11.7. The molecule has 1 aromatic carbocycles. The summed E-state index contributed by atoms with van der Waals surface area (Å²) in [6, 6.07) is 7.56. The highest BCUT2D eigenvalue weighted by atomic mass is 32.2. The topological polar surface area (TPSA) is 76.0 Å². The summed E-state index contributed by atoms with van der Waals surface area (Å²) in [6.45, 7) is -0.503. The Morgan fingerprint density at radius 3 is 2.84 bits per heavy atom. The molecule has 1 unspecified atom stereocenters. The van der Waals surface area contributed by atoms with Crippen molar-refractivity contribution in [2.45, 2.75) is 30.1 Å². The molecule has 0 bridgehead atoms. The monoisotopic (exact) mass is 374 g/mol. The van der Waals surface area contributed by atoms with Gasteiger partial charge >= 0.3 is 6.18 Å². The summed E-state index contributed by atoms with van der Waals surface area (Å²) in [7, 11) is -3.94. The molecule has 3 rings (SSSR count). The number of benzene rings is 1. The van der Waals surface area contributed by atoms with Crippen LogP contribution in [0.5, 0.6) is 0 Å². The number of nitrogens with one attached hydrogen (secondary N) is 2. The lowest BCUT2D eigenvalue weighted by molar-refractivity contribution is -0.142. The molecule has 0 radical (unpaired) electrons. The Morgan fingerprint density at radius 2 is 2.08 bits per heavy atom. The van der Waals surface area contributed by atoms with Crippen molar-refractivity contribution in [1.29, 1.82) is 0 Å². The van der Waals surface area contributed by atoms with E-state index in [4.69, 9.17) is 0 Å². The maximum Gasteiger partial charge on any atom is 0.408 e. The molecule has 10 heteroatoms. The van der Waals surface area contributed by atoms with Gasteiger partial charge in [0.1, 0.15) is 11.4 Å². The van der Waals surface area contributed by atoms with Crippen molar-refractivity contribution in [3.63, 3.8) is 0 Å². The smallest absolute Gasteiger partial charge is 0.308 e. The van der Waals surface area contributed by atoms with Gasteiger partial charge in [0.25, 0.3) is 0 Å². The summed E-state index contributed by atoms with van der Waals surface area (Å²) in [5.41, 5.74) is 2.17. The minimum absolute atomic E-state index is 0.101. The standard InChI is InChI=1S/C15H17F3N4O2S/c16-15(17,18)10-22-9-12(7-20-22)25(23,24)21-8-14-13-4-2-1-3-11(13)5-6-19-14/h1-4,7,9,14,19,21H,5-6,8,10H2. The van der Waals surface area contributed by atoms with Crippen molar-refractivity contribution in [1.82, 2.24) is 19.8 Å². The first-order valence-electron chi connectivity index (χ1n) is 7.65. The molecule has 0 aliphatic carbocycles. The highest BCUT2D eigenvalue weighted by Gasteiger charge is 2.29. The molecule has 136 valence electrons. The Morgan fingerprint density at radius 1 is 1.32 bits per heavy atom. The third kappa shape index (κ3) is 4.39. The van der Waals surface area contributed by atoms with Crippen LogP contribution in [-0.2, 0) is 23.0 Å². The van der Waals surface area contributed by atoms with E-state index in [1.54, 1.807) is 0 Å². The number of rotatable bonds is 5. The summed E-state index contributed by atoms with van der Waals surface area (Å²) < 4.78 is 64.6. The number of hydrogen-bond acceptors (Lipinski definition) is 4. The predicted octanol–water partition coefficient (Wildman–Crippen LogP) is 1.61. The molecule has 1 atom stereocenters. The molecule has 0 fully saturated rings. The van der Waals surface area contributed by atoms with E-state index in [0.29, 0.717) is 4.68 Å². The summed E-state index contributed by atoms with van der Waals surface area (Å²) in [6.07, 6.45) is -1.81. The van der Waals surface area contributed by atoms with E-state index in [2.05, 4.69) is 15.1 Å². The quantitative estimate of drug-likeness (QED) is 0.834. The van der Waals surface area contributed by atoms with E-state index in [1.807, 2.05) is 24.3 Å². The SMILES string of the molecule is O=S(=O)(NCC1NCCc2ccccc21)c1cnn(CC(F)(F)F)c1. The molecule has 1 aromatic heterocycles. The lowest BCUT2D eigenvalue weighted by atomic mass is 9.95. The number of aromatic nitrogens is 2. The Bertz CT molecular complexity index is 848. The van der Waals surface area contributed by atoms with E-state index >= 15 is 0 Å². The van der Waals surface area contributed by atoms with E-state index in [-0.39, 0.29) is 17.5 Å². The van der Waals surface area contributed by atoms with Gasteiger partial charge in [-0.25, -0.2) is 13.1 Å². The lowest BCUT2D eigenvalue weighted by Crippen LogP contribution is -2.38. The molecular formula is C15H17F3N4O2S. The number of sulfonamides is 1. The van der Waals surface area contributed by atoms with Crippen LogP contribution >= 0.6 is 0 Å². The number of alkyl halides is 3. The zero-order valence-corrected chi connectivity index (χ0v) is 13.9. The summed E-state index contributed by atoms with van der Waals surface area (Å²) in [4.78, 5) is -0.291. The highest BCUT2D eigenvalue weighted by Crippen LogP contribution is 2.23. The molecule has 2 N–H and O–H groups in total. The number of fused-ring (bicyclic) bond motifs is 1. The fourth-order valence-corrected chi connectivity index (χ4v) is 3.80.